The second kappa shape index (κ2) is 49.3. The van der Waals surface area contributed by atoms with Crippen LogP contribution in [0.15, 0.2) is 60.7 Å². The number of aliphatic carboxylic acids is 2. The Balaban J connectivity index is 2.26. The summed E-state index contributed by atoms with van der Waals surface area (Å²) in [5, 5.41) is 72.3. The Hall–Kier alpha value is -9.48. The van der Waals surface area contributed by atoms with E-state index in [9.17, 15) is 102 Å². The number of ketones is 2. The molecule has 44 heteroatoms. The summed E-state index contributed by atoms with van der Waals surface area (Å²) < 4.78 is 0. The van der Waals surface area contributed by atoms with Crippen molar-refractivity contribution in [1.82, 2.24) is 74.4 Å². The molecule has 0 fully saturated rings. The van der Waals surface area contributed by atoms with E-state index in [1.165, 1.54) is 0 Å². The van der Waals surface area contributed by atoms with Crippen LogP contribution >= 0.6 is 34.2 Å². The Kier molecular flexibility index (Phi) is 43.0. The number of nitrogens with two attached hydrogens (primary N) is 6. The maximum atomic E-state index is 14.1. The molecule has 0 bridgehead atoms. The van der Waals surface area contributed by atoms with Crippen molar-refractivity contribution in [3.63, 3.8) is 0 Å². The number of thiol groups is 1. The fourth-order valence-corrected chi connectivity index (χ4v) is 11.7. The summed E-state index contributed by atoms with van der Waals surface area (Å²) in [6.45, 7) is -1.52. The molecule has 0 radical (unpaired) electrons. The molecule has 105 heavy (non-hydrogen) atoms. The van der Waals surface area contributed by atoms with Gasteiger partial charge in [0.2, 0.25) is 88.4 Å². The van der Waals surface area contributed by atoms with Gasteiger partial charge in [0.1, 0.15) is 67.0 Å². The van der Waals surface area contributed by atoms with E-state index in [0.29, 0.717) is 11.1 Å². The Labute approximate surface area is 615 Å². The minimum Gasteiger partial charge on any atom is -0.481 e. The topological polar surface area (TPSA) is 696 Å². The first-order chi connectivity index (χ1) is 49.6. The lowest BCUT2D eigenvalue weighted by Gasteiger charge is -2.25. The van der Waals surface area contributed by atoms with Gasteiger partial charge < -0.3 is 119 Å². The van der Waals surface area contributed by atoms with Crippen LogP contribution in [0.25, 0.3) is 0 Å². The first kappa shape index (κ1) is 91.6. The molecule has 30 N–H and O–H groups in total. The van der Waals surface area contributed by atoms with Crippen LogP contribution in [0.3, 0.4) is 0 Å². The average molecular weight is 1540 g/mol. The van der Waals surface area contributed by atoms with Gasteiger partial charge in [-0.1, -0.05) is 82.3 Å². The molecule has 0 aliphatic rings. The lowest BCUT2D eigenvalue weighted by atomic mass is 9.95. The highest BCUT2D eigenvalue weighted by molar-refractivity contribution is 8.76. The van der Waals surface area contributed by atoms with E-state index in [4.69, 9.17) is 34.4 Å². The van der Waals surface area contributed by atoms with Gasteiger partial charge in [-0.15, -0.1) is 0 Å². The third-order valence-electron chi connectivity index (χ3n) is 14.5. The van der Waals surface area contributed by atoms with Crippen LogP contribution in [0.5, 0.6) is 0 Å². The van der Waals surface area contributed by atoms with Crippen LogP contribution in [0.4, 0.5) is 0 Å². The van der Waals surface area contributed by atoms with Crippen molar-refractivity contribution in [2.75, 3.05) is 56.7 Å². The number of aliphatic hydroxyl groups excluding tert-OH is 2. The second-order valence-corrected chi connectivity index (χ2v) is 26.1. The number of amides is 13. The maximum absolute atomic E-state index is 14.1. The predicted molar refractivity (Wildman–Crippen MR) is 380 cm³/mol. The summed E-state index contributed by atoms with van der Waals surface area (Å²) in [5.74, 6) is -20.1. The lowest BCUT2D eigenvalue weighted by Crippen LogP contribution is -2.59. The number of nitrogens with one attached hydrogen (secondary N) is 14. The summed E-state index contributed by atoms with van der Waals surface area (Å²) in [5.41, 5.74) is 34.5. The van der Waals surface area contributed by atoms with Crippen molar-refractivity contribution >= 4 is 135 Å². The molecular formula is C61H94N20O21S3. The number of hydrogen-bond donors (Lipinski definition) is 25. The molecule has 2 aromatic rings. The summed E-state index contributed by atoms with van der Waals surface area (Å²) in [6, 6.07) is -1.65. The van der Waals surface area contributed by atoms with Crippen LogP contribution in [-0.4, -0.2) is 256 Å². The molecule has 0 aliphatic carbocycles. The van der Waals surface area contributed by atoms with E-state index < -0.39 is 218 Å². The molecule has 11 atom stereocenters. The number of aliphatic hydroxyl groups is 2. The van der Waals surface area contributed by atoms with E-state index >= 15 is 0 Å². The van der Waals surface area contributed by atoms with Crippen molar-refractivity contribution in [2.45, 2.75) is 144 Å². The van der Waals surface area contributed by atoms with Gasteiger partial charge in [-0.3, -0.25) is 92.1 Å². The molecule has 0 heterocycles. The fourth-order valence-electron chi connectivity index (χ4n) is 9.20. The number of Topliss-reactive ketones (excluding diaryl/α,β-unsaturated/α-hetero) is 2. The number of benzene rings is 2. The highest BCUT2D eigenvalue weighted by atomic mass is 33.1. The summed E-state index contributed by atoms with van der Waals surface area (Å²) in [6.07, 6.45) is -4.81. The summed E-state index contributed by atoms with van der Waals surface area (Å²) in [4.78, 5) is 223. The van der Waals surface area contributed by atoms with Gasteiger partial charge in [0.25, 0.3) is 0 Å². The molecule has 582 valence electrons. The van der Waals surface area contributed by atoms with Crippen LogP contribution < -0.4 is 109 Å². The summed E-state index contributed by atoms with van der Waals surface area (Å²) in [7, 11) is 1.66. The third-order valence-corrected chi connectivity index (χ3v) is 17.3. The Morgan fingerprint density at radius 3 is 1.20 bits per heavy atom. The summed E-state index contributed by atoms with van der Waals surface area (Å²) >= 11 is 3.98. The Morgan fingerprint density at radius 2 is 0.771 bits per heavy atom. The van der Waals surface area contributed by atoms with E-state index in [-0.39, 0.29) is 68.9 Å². The zero-order valence-electron chi connectivity index (χ0n) is 57.3. The predicted octanol–water partition coefficient (Wildman–Crippen LogP) is -11.1. The van der Waals surface area contributed by atoms with Gasteiger partial charge in [-0.05, 0) is 49.9 Å². The van der Waals surface area contributed by atoms with E-state index in [1.807, 2.05) is 0 Å². The minimum absolute atomic E-state index is 0.0509. The van der Waals surface area contributed by atoms with Gasteiger partial charge in [-0.25, -0.2) is 0 Å². The molecular weight excluding hydrogens is 1440 g/mol. The Morgan fingerprint density at radius 1 is 0.419 bits per heavy atom. The number of carbonyl (C=O) groups excluding carboxylic acids is 15. The van der Waals surface area contributed by atoms with E-state index in [1.54, 1.807) is 60.7 Å². The van der Waals surface area contributed by atoms with Crippen LogP contribution in [0.1, 0.15) is 63.5 Å². The normalized spacial score (nSPS) is 14.2. The van der Waals surface area contributed by atoms with Crippen molar-refractivity contribution < 1.29 is 102 Å². The van der Waals surface area contributed by atoms with Gasteiger partial charge in [-0.2, -0.15) is 12.6 Å². The monoisotopic (exact) mass is 1540 g/mol. The third kappa shape index (κ3) is 37.2. The standard InChI is InChI=1S/C61H94N20O21S3/c1-30(84)72-41(25-82)57(100)76-35(15-9-17-68-60(64)65)53(96)71-24-46(87)75-40(22-48(90)91)56(99)79-39(20-33-13-7-4-8-14-33)55(98)81-43(51(63)94)28-104-105-29-44(73-31(2)85)59(102)80-42(26-83)58(101)77-36(16-10-18-69-61(66)67)54(97)70-23-45(86)74-38(21-47(88)89)50(93)49(92)37(78-52(95)34(62)27-103)19-32-11-5-3-6-12-32/h3-8,11-14,34-44,60-61,68-69,82-83,103H,9-10,15-29,62,64-67H2,1-2H3,(H2,63,94)(H,70,97)(H,71,96)(H,72,84)(H,73,85)(H,74,86)(H,75,87)(H,76,100)(H,77,101)(H,78,95)(H,79,99)(H,80,102)(H,81,98)(H,88,89)(H,90,91)/t34-,35-,36-,37-,38-,39-,40-,41-,42-,43-,44-/m0/s1. The van der Waals surface area contributed by atoms with Crippen molar-refractivity contribution in [2.24, 2.45) is 34.4 Å². The Bertz CT molecular complexity index is 3300. The molecule has 0 aliphatic heterocycles. The molecule has 0 saturated heterocycles. The minimum atomic E-state index is -2.03. The van der Waals surface area contributed by atoms with Crippen molar-refractivity contribution in [1.29, 1.82) is 0 Å². The van der Waals surface area contributed by atoms with Crippen LogP contribution in [0.2, 0.25) is 0 Å². The molecule has 41 nitrogen and oxygen atoms in total. The lowest BCUT2D eigenvalue weighted by molar-refractivity contribution is -0.144. The number of carboxylic acid groups (broad SMARTS) is 2. The quantitative estimate of drug-likeness (QED) is 0.00961. The average Bonchev–Trinajstić information content (AvgIpc) is 0.842. The molecule has 0 spiro atoms. The number of hydrogen-bond acceptors (Lipinski definition) is 29. The van der Waals surface area contributed by atoms with Crippen molar-refractivity contribution in [3.05, 3.63) is 71.8 Å². The van der Waals surface area contributed by atoms with Gasteiger partial charge in [0.15, 0.2) is 0 Å². The number of primary amides is 1. The van der Waals surface area contributed by atoms with Crippen molar-refractivity contribution in [3.8, 4) is 0 Å². The van der Waals surface area contributed by atoms with Gasteiger partial charge in [0.05, 0.1) is 51.2 Å². The van der Waals surface area contributed by atoms with Gasteiger partial charge in [0, 0.05) is 43.9 Å². The van der Waals surface area contributed by atoms with E-state index in [0.717, 1.165) is 35.4 Å². The number of carbonyl (C=O) groups is 17. The van der Waals surface area contributed by atoms with Crippen LogP contribution in [-0.2, 0) is 94.3 Å². The zero-order valence-corrected chi connectivity index (χ0v) is 59.8. The van der Waals surface area contributed by atoms with E-state index in [2.05, 4.69) is 87.1 Å². The maximum Gasteiger partial charge on any atom is 0.305 e. The van der Waals surface area contributed by atoms with Gasteiger partial charge >= 0.3 is 11.9 Å². The SMILES string of the molecule is CC(=O)N[C@@H](CO)C(=O)N[C@@H](CCCNC(N)N)C(=O)NCC(=O)N[C@@H](CC(=O)O)C(=O)N[C@@H](Cc1ccccc1)C(=O)N[C@@H](CSSC[C@H](NC(C)=O)C(=O)N[C@@H](CO)C(=O)N[C@@H](CCCNC(N)N)C(=O)NCC(=O)N[C@@H](CC(=O)O)C(=O)C(=O)[C@H](Cc1ccccc1)NC(=O)[C@@H](N)CS)C(N)=O. The molecule has 2 aromatic carbocycles. The highest BCUT2D eigenvalue weighted by Crippen LogP contribution is 2.23. The molecule has 0 aromatic heterocycles. The molecule has 13 amide bonds. The first-order valence-corrected chi connectivity index (χ1v) is 35.4. The smallest absolute Gasteiger partial charge is 0.305 e. The highest BCUT2D eigenvalue weighted by Gasteiger charge is 2.37. The zero-order chi connectivity index (χ0) is 78.9. The van der Waals surface area contributed by atoms with Crippen LogP contribution in [0, 0.1) is 0 Å². The molecule has 0 saturated carbocycles. The first-order valence-electron chi connectivity index (χ1n) is 32.3. The fraction of sp³-hybridized carbons (Fsp3) is 0.525. The number of rotatable bonds is 52. The largest absolute Gasteiger partial charge is 0.481 e. The second-order valence-electron chi connectivity index (χ2n) is 23.2. The number of carboxylic acids is 2. The molecule has 0 unspecified atom stereocenters. The molecule has 2 rings (SSSR count).